The van der Waals surface area contributed by atoms with E-state index in [9.17, 15) is 14.9 Å². The smallest absolute Gasteiger partial charge is 0.270 e. The van der Waals surface area contributed by atoms with E-state index in [4.69, 9.17) is 0 Å². The first-order valence-electron chi connectivity index (χ1n) is 10.1. The Morgan fingerprint density at radius 3 is 2.62 bits per heavy atom. The third kappa shape index (κ3) is 6.19. The number of hydrogen-bond donors (Lipinski definition) is 1. The van der Waals surface area contributed by atoms with Gasteiger partial charge in [-0.05, 0) is 23.3 Å². The van der Waals surface area contributed by atoms with E-state index in [1.54, 1.807) is 30.8 Å². The number of hydrogen-bond acceptors (Lipinski definition) is 9. The number of hydrazone groups is 1. The van der Waals surface area contributed by atoms with Crippen LogP contribution in [-0.4, -0.2) is 32.5 Å². The zero-order valence-corrected chi connectivity index (χ0v) is 20.5. The van der Waals surface area contributed by atoms with Gasteiger partial charge in [-0.3, -0.25) is 14.9 Å². The van der Waals surface area contributed by atoms with E-state index in [2.05, 4.69) is 51.1 Å². The van der Waals surface area contributed by atoms with E-state index in [0.29, 0.717) is 15.6 Å². The third-order valence-corrected chi connectivity index (χ3v) is 8.01. The quantitative estimate of drug-likeness (QED) is 0.137. The summed E-state index contributed by atoms with van der Waals surface area (Å²) in [7, 11) is 0. The van der Waals surface area contributed by atoms with Gasteiger partial charge in [0.15, 0.2) is 8.68 Å². The number of nitrogens with one attached hydrogen (secondary N) is 1. The van der Waals surface area contributed by atoms with Crippen molar-refractivity contribution in [3.63, 3.8) is 0 Å². The number of carbonyl (C=O) groups excluding carboxylic acids is 1. The highest BCUT2D eigenvalue weighted by Gasteiger charge is 2.11. The van der Waals surface area contributed by atoms with Gasteiger partial charge in [-0.15, -0.1) is 10.2 Å². The molecule has 8 nitrogen and oxygen atoms in total. The summed E-state index contributed by atoms with van der Waals surface area (Å²) in [6.45, 7) is 1.68. The highest BCUT2D eigenvalue weighted by Crippen LogP contribution is 2.32. The molecule has 0 atom stereocenters. The third-order valence-electron chi connectivity index (χ3n) is 4.77. The summed E-state index contributed by atoms with van der Waals surface area (Å²) in [6.07, 6.45) is 0. The summed E-state index contributed by atoms with van der Waals surface area (Å²) in [4.78, 5) is 22.6. The molecule has 1 N–H and O–H groups in total. The van der Waals surface area contributed by atoms with Crippen molar-refractivity contribution in [1.29, 1.82) is 0 Å². The van der Waals surface area contributed by atoms with Crippen molar-refractivity contribution in [2.24, 2.45) is 5.10 Å². The number of aromatic nitrogens is 2. The van der Waals surface area contributed by atoms with Crippen molar-refractivity contribution >= 4 is 62.9 Å². The number of fused-ring (bicyclic) bond motifs is 1. The van der Waals surface area contributed by atoms with Gasteiger partial charge in [0.1, 0.15) is 0 Å². The number of carbonyl (C=O) groups is 1. The molecule has 4 rings (SSSR count). The molecule has 3 aromatic carbocycles. The summed E-state index contributed by atoms with van der Waals surface area (Å²) in [6, 6.07) is 20.7. The number of amides is 1. The van der Waals surface area contributed by atoms with E-state index >= 15 is 0 Å². The highest BCUT2D eigenvalue weighted by atomic mass is 32.2. The SMILES string of the molecule is C/C(=N/NC(=O)CSc1nnc(SCc2cccc3ccccc23)s1)c1cccc([N+](=O)[O-])c1. The zero-order chi connectivity index (χ0) is 23.9. The molecule has 0 unspecified atom stereocenters. The van der Waals surface area contributed by atoms with Crippen molar-refractivity contribution in [1.82, 2.24) is 15.6 Å². The molecule has 0 spiro atoms. The number of nitro groups is 1. The molecule has 0 bridgehead atoms. The van der Waals surface area contributed by atoms with Crippen LogP contribution in [0.5, 0.6) is 0 Å². The molecule has 0 fully saturated rings. The van der Waals surface area contributed by atoms with Crippen molar-refractivity contribution in [3.05, 3.63) is 88.0 Å². The number of thioether (sulfide) groups is 2. The summed E-state index contributed by atoms with van der Waals surface area (Å²) in [5.41, 5.74) is 4.74. The fraction of sp³-hybridized carbons (Fsp3) is 0.130. The Morgan fingerprint density at radius 1 is 1.06 bits per heavy atom. The molecule has 0 aliphatic carbocycles. The summed E-state index contributed by atoms with van der Waals surface area (Å²) >= 11 is 4.36. The monoisotopic (exact) mass is 509 g/mol. The first-order chi connectivity index (χ1) is 16.5. The molecule has 1 aromatic heterocycles. The molecule has 0 saturated heterocycles. The standard InChI is InChI=1S/C23H19N5O3S3/c1-15(17-8-5-10-19(12-17)28(30)31)24-25-21(29)14-33-23-27-26-22(34-23)32-13-18-9-4-7-16-6-2-3-11-20(16)18/h2-12H,13-14H2,1H3,(H,25,29)/b24-15-. The Bertz CT molecular complexity index is 1370. The number of rotatable bonds is 9. The molecule has 0 radical (unpaired) electrons. The fourth-order valence-electron chi connectivity index (χ4n) is 3.09. The minimum atomic E-state index is -0.470. The highest BCUT2D eigenvalue weighted by molar-refractivity contribution is 8.03. The molecule has 4 aromatic rings. The molecule has 0 saturated carbocycles. The molecule has 11 heteroatoms. The Balaban J connectivity index is 1.28. The van der Waals surface area contributed by atoms with Crippen LogP contribution in [-0.2, 0) is 10.5 Å². The van der Waals surface area contributed by atoms with Gasteiger partial charge in [-0.2, -0.15) is 5.10 Å². The van der Waals surface area contributed by atoms with E-state index in [1.165, 1.54) is 51.6 Å². The fourth-order valence-corrected chi connectivity index (χ4v) is 5.90. The minimum Gasteiger partial charge on any atom is -0.272 e. The maximum atomic E-state index is 12.2. The second-order valence-corrected chi connectivity index (χ2v) is 10.5. The van der Waals surface area contributed by atoms with Crippen LogP contribution in [0.2, 0.25) is 0 Å². The van der Waals surface area contributed by atoms with Crippen LogP contribution in [0.25, 0.3) is 10.8 Å². The molecule has 0 aliphatic heterocycles. The van der Waals surface area contributed by atoms with Gasteiger partial charge in [0, 0.05) is 23.4 Å². The van der Waals surface area contributed by atoms with Crippen LogP contribution in [0.15, 0.2) is 80.5 Å². The van der Waals surface area contributed by atoms with Gasteiger partial charge in [0.25, 0.3) is 11.6 Å². The van der Waals surface area contributed by atoms with E-state index in [-0.39, 0.29) is 17.3 Å². The topological polar surface area (TPSA) is 110 Å². The van der Waals surface area contributed by atoms with Crippen molar-refractivity contribution in [2.45, 2.75) is 21.4 Å². The van der Waals surface area contributed by atoms with Crippen LogP contribution in [0.3, 0.4) is 0 Å². The number of benzene rings is 3. The number of nitrogens with zero attached hydrogens (tertiary/aromatic N) is 4. The summed E-state index contributed by atoms with van der Waals surface area (Å²) in [5.74, 6) is 0.621. The Labute approximate surface area is 208 Å². The summed E-state index contributed by atoms with van der Waals surface area (Å²) < 4.78 is 1.55. The van der Waals surface area contributed by atoms with Crippen LogP contribution in [0.4, 0.5) is 5.69 Å². The van der Waals surface area contributed by atoms with Crippen LogP contribution < -0.4 is 5.43 Å². The first-order valence-corrected chi connectivity index (χ1v) is 12.9. The van der Waals surface area contributed by atoms with E-state index in [0.717, 1.165) is 10.1 Å². The van der Waals surface area contributed by atoms with Crippen molar-refractivity contribution < 1.29 is 9.72 Å². The molecule has 34 heavy (non-hydrogen) atoms. The number of non-ortho nitro benzene ring substituents is 1. The second kappa shape index (κ2) is 11.2. The molecule has 1 amide bonds. The lowest BCUT2D eigenvalue weighted by atomic mass is 10.1. The first kappa shape index (κ1) is 23.9. The van der Waals surface area contributed by atoms with Crippen molar-refractivity contribution in [3.8, 4) is 0 Å². The molecule has 0 aliphatic rings. The van der Waals surface area contributed by atoms with Gasteiger partial charge in [-0.1, -0.05) is 89.5 Å². The van der Waals surface area contributed by atoms with E-state index < -0.39 is 4.92 Å². The maximum absolute atomic E-state index is 12.2. The van der Waals surface area contributed by atoms with Gasteiger partial charge in [0.05, 0.1) is 16.4 Å². The Hall–Kier alpha value is -3.28. The molecule has 172 valence electrons. The average Bonchev–Trinajstić information content (AvgIpc) is 3.32. The van der Waals surface area contributed by atoms with Crippen LogP contribution in [0.1, 0.15) is 18.1 Å². The van der Waals surface area contributed by atoms with Crippen molar-refractivity contribution in [2.75, 3.05) is 5.75 Å². The lowest BCUT2D eigenvalue weighted by Gasteiger charge is -2.04. The minimum absolute atomic E-state index is 0.0284. The molecular formula is C23H19N5O3S3. The molecule has 1 heterocycles. The predicted molar refractivity (Wildman–Crippen MR) is 138 cm³/mol. The van der Waals surface area contributed by atoms with Crippen LogP contribution in [0, 0.1) is 10.1 Å². The number of nitro benzene ring substituents is 1. The Morgan fingerprint density at radius 2 is 1.79 bits per heavy atom. The van der Waals surface area contributed by atoms with Gasteiger partial charge in [-0.25, -0.2) is 5.43 Å². The van der Waals surface area contributed by atoms with Crippen LogP contribution >= 0.6 is 34.9 Å². The van der Waals surface area contributed by atoms with E-state index in [1.807, 2.05) is 12.1 Å². The lowest BCUT2D eigenvalue weighted by molar-refractivity contribution is -0.384. The average molecular weight is 510 g/mol. The normalized spacial score (nSPS) is 11.5. The zero-order valence-electron chi connectivity index (χ0n) is 18.0. The maximum Gasteiger partial charge on any atom is 0.270 e. The second-order valence-electron chi connectivity index (χ2n) is 7.09. The van der Waals surface area contributed by atoms with Gasteiger partial charge in [0.2, 0.25) is 0 Å². The molecular weight excluding hydrogens is 490 g/mol. The predicted octanol–water partition coefficient (Wildman–Crippen LogP) is 5.52. The van der Waals surface area contributed by atoms with Gasteiger partial charge >= 0.3 is 0 Å². The largest absolute Gasteiger partial charge is 0.272 e. The van der Waals surface area contributed by atoms with Gasteiger partial charge < -0.3 is 0 Å². The lowest BCUT2D eigenvalue weighted by Crippen LogP contribution is -2.21. The Kier molecular flexibility index (Phi) is 7.88. The summed E-state index contributed by atoms with van der Waals surface area (Å²) in [5, 5.41) is 25.8.